The highest BCUT2D eigenvalue weighted by atomic mass is 16.5. The van der Waals surface area contributed by atoms with E-state index in [9.17, 15) is 0 Å². The monoisotopic (exact) mass is 362 g/mol. The van der Waals surface area contributed by atoms with Gasteiger partial charge in [0, 0.05) is 19.2 Å². The lowest BCUT2D eigenvalue weighted by atomic mass is 10.1. The van der Waals surface area contributed by atoms with E-state index in [-0.39, 0.29) is 0 Å². The average Bonchev–Trinajstić information content (AvgIpc) is 2.67. The van der Waals surface area contributed by atoms with E-state index >= 15 is 0 Å². The van der Waals surface area contributed by atoms with Crippen LogP contribution in [0.15, 0.2) is 54.6 Å². The number of aromatic nitrogens is 2. The van der Waals surface area contributed by atoms with Crippen molar-refractivity contribution >= 4 is 11.6 Å². The minimum atomic E-state index is 0.734. The second-order valence-corrected chi connectivity index (χ2v) is 6.51. The van der Waals surface area contributed by atoms with Crippen molar-refractivity contribution in [2.45, 2.75) is 26.8 Å². The van der Waals surface area contributed by atoms with Crippen LogP contribution in [-0.4, -0.2) is 23.6 Å². The van der Waals surface area contributed by atoms with Gasteiger partial charge in [0.05, 0.1) is 7.11 Å². The van der Waals surface area contributed by atoms with Gasteiger partial charge in [-0.05, 0) is 37.5 Å². The summed E-state index contributed by atoms with van der Waals surface area (Å²) in [4.78, 5) is 8.96. The van der Waals surface area contributed by atoms with Gasteiger partial charge >= 0.3 is 0 Å². The molecule has 27 heavy (non-hydrogen) atoms. The molecular formula is C22H26N4O. The topological polar surface area (TPSA) is 59.1 Å². The number of anilines is 2. The number of aryl methyl sites for hydroxylation is 2. The number of rotatable bonds is 8. The maximum Gasteiger partial charge on any atom is 0.132 e. The first kappa shape index (κ1) is 18.7. The lowest BCUT2D eigenvalue weighted by Crippen LogP contribution is -2.10. The summed E-state index contributed by atoms with van der Waals surface area (Å²) < 4.78 is 5.40. The van der Waals surface area contributed by atoms with Gasteiger partial charge in [0.15, 0.2) is 0 Å². The van der Waals surface area contributed by atoms with Gasteiger partial charge in [0.2, 0.25) is 0 Å². The molecular weight excluding hydrogens is 336 g/mol. The first-order valence-corrected chi connectivity index (χ1v) is 9.15. The fourth-order valence-electron chi connectivity index (χ4n) is 2.88. The molecule has 5 heteroatoms. The molecule has 1 heterocycles. The Kier molecular flexibility index (Phi) is 6.26. The highest BCUT2D eigenvalue weighted by Gasteiger charge is 2.04. The van der Waals surface area contributed by atoms with Crippen LogP contribution in [0.25, 0.3) is 0 Å². The number of methoxy groups -OCH3 is 1. The number of nitrogens with one attached hydrogen (secondary N) is 2. The second kappa shape index (κ2) is 9.03. The van der Waals surface area contributed by atoms with Crippen LogP contribution in [0.4, 0.5) is 11.6 Å². The van der Waals surface area contributed by atoms with Gasteiger partial charge in [0.1, 0.15) is 23.2 Å². The van der Waals surface area contributed by atoms with Gasteiger partial charge in [-0.3, -0.25) is 0 Å². The minimum absolute atomic E-state index is 0.734. The van der Waals surface area contributed by atoms with E-state index in [1.165, 1.54) is 16.7 Å². The van der Waals surface area contributed by atoms with E-state index in [1.807, 2.05) is 31.2 Å². The van der Waals surface area contributed by atoms with Crippen LogP contribution in [-0.2, 0) is 13.0 Å². The maximum atomic E-state index is 5.40. The van der Waals surface area contributed by atoms with E-state index in [0.29, 0.717) is 0 Å². The van der Waals surface area contributed by atoms with Crippen molar-refractivity contribution in [2.24, 2.45) is 0 Å². The van der Waals surface area contributed by atoms with Crippen LogP contribution in [0, 0.1) is 13.8 Å². The van der Waals surface area contributed by atoms with Crippen LogP contribution in [0.2, 0.25) is 0 Å². The molecule has 0 spiro atoms. The summed E-state index contributed by atoms with van der Waals surface area (Å²) in [7, 11) is 1.70. The molecule has 0 aliphatic rings. The van der Waals surface area contributed by atoms with E-state index in [4.69, 9.17) is 4.74 Å². The predicted octanol–water partition coefficient (Wildman–Crippen LogP) is 4.37. The smallest absolute Gasteiger partial charge is 0.132 e. The molecule has 1 aromatic heterocycles. The van der Waals surface area contributed by atoms with Crippen molar-refractivity contribution in [3.8, 4) is 5.75 Å². The third-order valence-corrected chi connectivity index (χ3v) is 4.33. The van der Waals surface area contributed by atoms with E-state index in [2.05, 4.69) is 57.9 Å². The Hall–Kier alpha value is -3.08. The molecule has 0 aliphatic carbocycles. The molecule has 0 amide bonds. The second-order valence-electron chi connectivity index (χ2n) is 6.51. The molecule has 0 bridgehead atoms. The Labute approximate surface area is 160 Å². The molecule has 140 valence electrons. The summed E-state index contributed by atoms with van der Waals surface area (Å²) in [5, 5.41) is 6.76. The first-order chi connectivity index (χ1) is 13.1. The normalized spacial score (nSPS) is 10.5. The fourth-order valence-corrected chi connectivity index (χ4v) is 2.88. The summed E-state index contributed by atoms with van der Waals surface area (Å²) in [5.41, 5.74) is 3.66. The van der Waals surface area contributed by atoms with Crippen LogP contribution < -0.4 is 15.4 Å². The third kappa shape index (κ3) is 5.45. The van der Waals surface area contributed by atoms with Crippen molar-refractivity contribution in [2.75, 3.05) is 24.3 Å². The lowest BCUT2D eigenvalue weighted by molar-refractivity contribution is 0.410. The van der Waals surface area contributed by atoms with Crippen molar-refractivity contribution in [1.82, 2.24) is 9.97 Å². The zero-order chi connectivity index (χ0) is 19.1. The van der Waals surface area contributed by atoms with Crippen molar-refractivity contribution in [3.63, 3.8) is 0 Å². The Bertz CT molecular complexity index is 878. The number of ether oxygens (including phenoxy) is 1. The van der Waals surface area contributed by atoms with Crippen LogP contribution in [0.3, 0.4) is 0 Å². The summed E-state index contributed by atoms with van der Waals surface area (Å²) in [6.45, 7) is 5.50. The standard InChI is InChI=1S/C22H26N4O/c1-16-8-10-18(11-9-16)15-24-22-14-21(25-17(2)26-22)23-13-12-19-6-4-5-7-20(19)27-3/h4-11,14H,12-13,15H2,1-3H3,(H2,23,24,25,26). The third-order valence-electron chi connectivity index (χ3n) is 4.33. The molecule has 2 aromatic carbocycles. The number of benzene rings is 2. The number of hydrogen-bond acceptors (Lipinski definition) is 5. The number of nitrogens with zero attached hydrogens (tertiary/aromatic N) is 2. The fraction of sp³-hybridized carbons (Fsp3) is 0.273. The van der Waals surface area contributed by atoms with Gasteiger partial charge in [-0.25, -0.2) is 9.97 Å². The highest BCUT2D eigenvalue weighted by Crippen LogP contribution is 2.18. The molecule has 0 atom stereocenters. The van der Waals surface area contributed by atoms with Crippen LogP contribution in [0.1, 0.15) is 22.5 Å². The summed E-state index contributed by atoms with van der Waals surface area (Å²) in [5.74, 6) is 3.30. The molecule has 0 unspecified atom stereocenters. The molecule has 3 rings (SSSR count). The predicted molar refractivity (Wildman–Crippen MR) is 110 cm³/mol. The SMILES string of the molecule is COc1ccccc1CCNc1cc(NCc2ccc(C)cc2)nc(C)n1. The Morgan fingerprint density at radius 3 is 2.33 bits per heavy atom. The van der Waals surface area contributed by atoms with E-state index in [0.717, 1.165) is 42.7 Å². The zero-order valence-electron chi connectivity index (χ0n) is 16.1. The number of hydrogen-bond donors (Lipinski definition) is 2. The maximum absolute atomic E-state index is 5.40. The van der Waals surface area contributed by atoms with Crippen molar-refractivity contribution < 1.29 is 4.74 Å². The lowest BCUT2D eigenvalue weighted by Gasteiger charge is -2.12. The molecule has 0 aliphatic heterocycles. The zero-order valence-corrected chi connectivity index (χ0v) is 16.1. The van der Waals surface area contributed by atoms with Gasteiger partial charge < -0.3 is 15.4 Å². The van der Waals surface area contributed by atoms with Gasteiger partial charge in [0.25, 0.3) is 0 Å². The highest BCUT2D eigenvalue weighted by molar-refractivity contribution is 5.48. The molecule has 0 radical (unpaired) electrons. The molecule has 0 saturated heterocycles. The first-order valence-electron chi connectivity index (χ1n) is 9.15. The summed E-state index contributed by atoms with van der Waals surface area (Å²) in [6, 6.07) is 18.5. The van der Waals surface area contributed by atoms with Crippen LogP contribution >= 0.6 is 0 Å². The Morgan fingerprint density at radius 1 is 0.889 bits per heavy atom. The summed E-state index contributed by atoms with van der Waals surface area (Å²) >= 11 is 0. The largest absolute Gasteiger partial charge is 0.496 e. The molecule has 5 nitrogen and oxygen atoms in total. The average molecular weight is 362 g/mol. The Balaban J connectivity index is 1.58. The van der Waals surface area contributed by atoms with Gasteiger partial charge in [-0.15, -0.1) is 0 Å². The molecule has 0 fully saturated rings. The van der Waals surface area contributed by atoms with Gasteiger partial charge in [-0.1, -0.05) is 48.0 Å². The molecule has 0 saturated carbocycles. The van der Waals surface area contributed by atoms with Crippen molar-refractivity contribution in [3.05, 3.63) is 77.1 Å². The molecule has 2 N–H and O–H groups in total. The quantitative estimate of drug-likeness (QED) is 0.623. The Morgan fingerprint density at radius 2 is 1.59 bits per heavy atom. The molecule has 3 aromatic rings. The van der Waals surface area contributed by atoms with Crippen molar-refractivity contribution in [1.29, 1.82) is 0 Å². The van der Waals surface area contributed by atoms with E-state index < -0.39 is 0 Å². The van der Waals surface area contributed by atoms with Crippen LogP contribution in [0.5, 0.6) is 5.75 Å². The van der Waals surface area contributed by atoms with E-state index in [1.54, 1.807) is 7.11 Å². The summed E-state index contributed by atoms with van der Waals surface area (Å²) in [6.07, 6.45) is 0.860. The minimum Gasteiger partial charge on any atom is -0.496 e. The van der Waals surface area contributed by atoms with Gasteiger partial charge in [-0.2, -0.15) is 0 Å². The number of para-hydroxylation sites is 1.